The zero-order valence-corrected chi connectivity index (χ0v) is 11.9. The van der Waals surface area contributed by atoms with Crippen molar-refractivity contribution in [2.75, 3.05) is 12.3 Å². The molecule has 0 aliphatic carbocycles. The SMILES string of the molecule is CC(C)(CN)CCCS(=O)(=O)c1ccc(F)c(F)c1. The second-order valence-corrected chi connectivity index (χ2v) is 7.48. The van der Waals surface area contributed by atoms with Crippen LogP contribution in [0.1, 0.15) is 26.7 Å². The summed E-state index contributed by atoms with van der Waals surface area (Å²) < 4.78 is 49.7. The Kier molecular flexibility index (Phi) is 5.04. The van der Waals surface area contributed by atoms with Crippen LogP contribution >= 0.6 is 0 Å². The largest absolute Gasteiger partial charge is 0.330 e. The van der Waals surface area contributed by atoms with Crippen LogP contribution in [-0.4, -0.2) is 20.7 Å². The Morgan fingerprint density at radius 1 is 1.21 bits per heavy atom. The van der Waals surface area contributed by atoms with Gasteiger partial charge >= 0.3 is 0 Å². The molecule has 0 saturated carbocycles. The third-order valence-corrected chi connectivity index (χ3v) is 4.87. The Labute approximate surface area is 112 Å². The van der Waals surface area contributed by atoms with Crippen LogP contribution in [0.15, 0.2) is 23.1 Å². The summed E-state index contributed by atoms with van der Waals surface area (Å²) in [6.45, 7) is 4.38. The lowest BCUT2D eigenvalue weighted by Gasteiger charge is -2.21. The molecule has 1 aromatic carbocycles. The first kappa shape index (κ1) is 16.0. The molecule has 0 unspecified atom stereocenters. The maximum absolute atomic E-state index is 13.0. The molecule has 0 radical (unpaired) electrons. The quantitative estimate of drug-likeness (QED) is 0.819. The molecule has 0 aliphatic rings. The minimum atomic E-state index is -3.58. The molecule has 0 amide bonds. The summed E-state index contributed by atoms with van der Waals surface area (Å²) >= 11 is 0. The number of nitrogens with two attached hydrogens (primary N) is 1. The van der Waals surface area contributed by atoms with Gasteiger partial charge in [-0.25, -0.2) is 17.2 Å². The lowest BCUT2D eigenvalue weighted by atomic mass is 9.88. The average Bonchev–Trinajstić information content (AvgIpc) is 2.32. The van der Waals surface area contributed by atoms with Crippen LogP contribution < -0.4 is 5.73 Å². The molecule has 0 fully saturated rings. The fraction of sp³-hybridized carbons (Fsp3) is 0.538. The van der Waals surface area contributed by atoms with Crippen molar-refractivity contribution in [1.82, 2.24) is 0 Å². The Morgan fingerprint density at radius 3 is 2.37 bits per heavy atom. The molecule has 6 heteroatoms. The van der Waals surface area contributed by atoms with Crippen LogP contribution in [0.5, 0.6) is 0 Å². The lowest BCUT2D eigenvalue weighted by molar-refractivity contribution is 0.344. The maximum Gasteiger partial charge on any atom is 0.178 e. The van der Waals surface area contributed by atoms with Gasteiger partial charge in [0.05, 0.1) is 10.6 Å². The molecular formula is C13H19F2NO2S. The highest BCUT2D eigenvalue weighted by Crippen LogP contribution is 2.22. The highest BCUT2D eigenvalue weighted by Gasteiger charge is 2.20. The molecular weight excluding hydrogens is 272 g/mol. The average molecular weight is 291 g/mol. The van der Waals surface area contributed by atoms with E-state index in [4.69, 9.17) is 5.73 Å². The smallest absolute Gasteiger partial charge is 0.178 e. The van der Waals surface area contributed by atoms with Crippen LogP contribution in [0, 0.1) is 17.0 Å². The summed E-state index contributed by atoms with van der Waals surface area (Å²) in [6, 6.07) is 2.63. The summed E-state index contributed by atoms with van der Waals surface area (Å²) in [7, 11) is -3.58. The van der Waals surface area contributed by atoms with E-state index in [1.54, 1.807) is 0 Å². The summed E-state index contributed by atoms with van der Waals surface area (Å²) in [5.74, 6) is -2.30. The number of halogens is 2. The lowest BCUT2D eigenvalue weighted by Crippen LogP contribution is -2.24. The van der Waals surface area contributed by atoms with Gasteiger partial charge in [0, 0.05) is 0 Å². The van der Waals surface area contributed by atoms with Gasteiger partial charge in [-0.2, -0.15) is 0 Å². The Morgan fingerprint density at radius 2 is 1.84 bits per heavy atom. The molecule has 0 heterocycles. The van der Waals surface area contributed by atoms with E-state index in [-0.39, 0.29) is 16.1 Å². The van der Waals surface area contributed by atoms with E-state index in [0.717, 1.165) is 18.2 Å². The molecule has 0 bridgehead atoms. The number of sulfone groups is 1. The molecule has 1 aromatic rings. The second-order valence-electron chi connectivity index (χ2n) is 5.37. The zero-order chi connectivity index (χ0) is 14.7. The zero-order valence-electron chi connectivity index (χ0n) is 11.1. The molecule has 0 saturated heterocycles. The van der Waals surface area contributed by atoms with Crippen molar-refractivity contribution in [1.29, 1.82) is 0 Å². The van der Waals surface area contributed by atoms with Gasteiger partial charge in [-0.05, 0) is 43.0 Å². The van der Waals surface area contributed by atoms with Crippen molar-refractivity contribution in [3.05, 3.63) is 29.8 Å². The Bertz CT molecular complexity index is 542. The van der Waals surface area contributed by atoms with Crippen LogP contribution in [0.3, 0.4) is 0 Å². The van der Waals surface area contributed by atoms with Crippen molar-refractivity contribution in [2.24, 2.45) is 11.1 Å². The van der Waals surface area contributed by atoms with E-state index in [1.165, 1.54) is 0 Å². The molecule has 2 N–H and O–H groups in total. The molecule has 0 aromatic heterocycles. The fourth-order valence-corrected chi connectivity index (χ4v) is 2.95. The monoisotopic (exact) mass is 291 g/mol. The van der Waals surface area contributed by atoms with E-state index in [1.807, 2.05) is 13.8 Å². The highest BCUT2D eigenvalue weighted by atomic mass is 32.2. The van der Waals surface area contributed by atoms with Gasteiger partial charge < -0.3 is 5.73 Å². The molecule has 1 rings (SSSR count). The van der Waals surface area contributed by atoms with E-state index < -0.39 is 21.5 Å². The minimum Gasteiger partial charge on any atom is -0.330 e. The predicted octanol–water partition coefficient (Wildman–Crippen LogP) is 2.50. The van der Waals surface area contributed by atoms with Gasteiger partial charge in [-0.15, -0.1) is 0 Å². The third kappa shape index (κ3) is 4.54. The number of benzene rings is 1. The minimum absolute atomic E-state index is 0.0957. The summed E-state index contributed by atoms with van der Waals surface area (Å²) in [5.41, 5.74) is 5.44. The number of hydrogen-bond donors (Lipinski definition) is 1. The summed E-state index contributed by atoms with van der Waals surface area (Å²) in [4.78, 5) is -0.183. The van der Waals surface area contributed by atoms with Crippen LogP contribution in [0.2, 0.25) is 0 Å². The molecule has 108 valence electrons. The van der Waals surface area contributed by atoms with Crippen molar-refractivity contribution in [3.63, 3.8) is 0 Å². The van der Waals surface area contributed by atoms with Crippen LogP contribution in [0.4, 0.5) is 8.78 Å². The fourth-order valence-electron chi connectivity index (χ4n) is 1.63. The van der Waals surface area contributed by atoms with E-state index in [2.05, 4.69) is 0 Å². The first-order valence-electron chi connectivity index (χ1n) is 6.06. The van der Waals surface area contributed by atoms with Crippen molar-refractivity contribution in [2.45, 2.75) is 31.6 Å². The molecule has 0 aliphatic heterocycles. The molecule has 19 heavy (non-hydrogen) atoms. The molecule has 0 atom stereocenters. The Hall–Kier alpha value is -1.01. The first-order chi connectivity index (χ1) is 8.68. The standard InChI is InChI=1S/C13H19F2NO2S/c1-13(2,9-16)6-3-7-19(17,18)10-4-5-11(14)12(15)8-10/h4-5,8H,3,6-7,9,16H2,1-2H3. The van der Waals surface area contributed by atoms with Crippen molar-refractivity contribution < 1.29 is 17.2 Å². The summed E-state index contributed by atoms with van der Waals surface area (Å²) in [5, 5.41) is 0. The predicted molar refractivity (Wildman–Crippen MR) is 70.5 cm³/mol. The van der Waals surface area contributed by atoms with Crippen LogP contribution in [-0.2, 0) is 9.84 Å². The topological polar surface area (TPSA) is 60.2 Å². The van der Waals surface area contributed by atoms with Crippen LogP contribution in [0.25, 0.3) is 0 Å². The van der Waals surface area contributed by atoms with Gasteiger partial charge in [-0.1, -0.05) is 13.8 Å². The molecule has 3 nitrogen and oxygen atoms in total. The second kappa shape index (κ2) is 5.96. The van der Waals surface area contributed by atoms with E-state index in [0.29, 0.717) is 19.4 Å². The number of rotatable bonds is 6. The van der Waals surface area contributed by atoms with Gasteiger partial charge in [0.15, 0.2) is 21.5 Å². The van der Waals surface area contributed by atoms with E-state index in [9.17, 15) is 17.2 Å². The maximum atomic E-state index is 13.0. The Balaban J connectivity index is 2.74. The van der Waals surface area contributed by atoms with Gasteiger partial charge in [-0.3, -0.25) is 0 Å². The van der Waals surface area contributed by atoms with Crippen molar-refractivity contribution in [3.8, 4) is 0 Å². The highest BCUT2D eigenvalue weighted by molar-refractivity contribution is 7.91. The third-order valence-electron chi connectivity index (χ3n) is 3.07. The molecule has 0 spiro atoms. The van der Waals surface area contributed by atoms with Gasteiger partial charge in [0.25, 0.3) is 0 Å². The van der Waals surface area contributed by atoms with Gasteiger partial charge in [0.2, 0.25) is 0 Å². The summed E-state index contributed by atoms with van der Waals surface area (Å²) in [6.07, 6.45) is 1.10. The normalized spacial score (nSPS) is 12.7. The van der Waals surface area contributed by atoms with Gasteiger partial charge in [0.1, 0.15) is 0 Å². The first-order valence-corrected chi connectivity index (χ1v) is 7.71. The van der Waals surface area contributed by atoms with Crippen molar-refractivity contribution >= 4 is 9.84 Å². The number of hydrogen-bond acceptors (Lipinski definition) is 3. The van der Waals surface area contributed by atoms with E-state index >= 15 is 0 Å².